The number of esters is 1. The van der Waals surface area contributed by atoms with Crippen LogP contribution in [-0.2, 0) is 23.2 Å². The monoisotopic (exact) mass is 410 g/mol. The molecule has 0 heterocycles. The molecule has 0 aromatic heterocycles. The van der Waals surface area contributed by atoms with Crippen LogP contribution in [0.5, 0.6) is 0 Å². The molecule has 0 saturated carbocycles. The third kappa shape index (κ3) is 15.7. The van der Waals surface area contributed by atoms with E-state index in [1.807, 2.05) is 0 Å². The van der Waals surface area contributed by atoms with Crippen molar-refractivity contribution in [1.29, 1.82) is 0 Å². The van der Waals surface area contributed by atoms with Crippen LogP contribution in [0.25, 0.3) is 0 Å². The summed E-state index contributed by atoms with van der Waals surface area (Å²) in [6.45, 7) is 12.7. The number of unbranched alkanes of at least 4 members (excludes halogenated alkanes) is 1. The van der Waals surface area contributed by atoms with Crippen molar-refractivity contribution in [2.75, 3.05) is 19.8 Å². The fourth-order valence-corrected chi connectivity index (χ4v) is 11.7. The molecule has 148 valence electrons. The summed E-state index contributed by atoms with van der Waals surface area (Å²) in [5, 5.41) is -0.525. The fourth-order valence-electron chi connectivity index (χ4n) is 2.64. The highest BCUT2D eigenvalue weighted by atomic mass is 35.5. The van der Waals surface area contributed by atoms with Gasteiger partial charge in [0.25, 0.3) is 0 Å². The van der Waals surface area contributed by atoms with Crippen LogP contribution in [0.15, 0.2) is 0 Å². The minimum absolute atomic E-state index is 0.0128. The van der Waals surface area contributed by atoms with Crippen LogP contribution in [0, 0.1) is 0 Å². The molecule has 0 N–H and O–H groups in total. The summed E-state index contributed by atoms with van der Waals surface area (Å²) in [6, 6.07) is 2.31. The third-order valence-corrected chi connectivity index (χ3v) is 11.5. The van der Waals surface area contributed by atoms with E-state index in [1.165, 1.54) is 18.9 Å². The second-order valence-electron chi connectivity index (χ2n) is 7.52. The lowest BCUT2D eigenvalue weighted by Gasteiger charge is -2.34. The van der Waals surface area contributed by atoms with Crippen molar-refractivity contribution >= 4 is 39.4 Å². The number of carbonyl (C=O) groups is 2. The first-order chi connectivity index (χ1) is 11.6. The van der Waals surface area contributed by atoms with E-state index in [9.17, 15) is 9.59 Å². The third-order valence-electron chi connectivity index (χ3n) is 3.77. The molecule has 25 heavy (non-hydrogen) atoms. The van der Waals surface area contributed by atoms with E-state index in [0.29, 0.717) is 13.2 Å². The molecule has 0 bridgehead atoms. The van der Waals surface area contributed by atoms with E-state index < -0.39 is 27.8 Å². The topological polar surface area (TPSA) is 61.8 Å². The van der Waals surface area contributed by atoms with Crippen LogP contribution >= 0.6 is 11.6 Å². The lowest BCUT2D eigenvalue weighted by Crippen LogP contribution is -2.44. The van der Waals surface area contributed by atoms with E-state index in [4.69, 9.17) is 25.2 Å². The molecule has 0 atom stereocenters. The Morgan fingerprint density at radius 3 is 2.04 bits per heavy atom. The van der Waals surface area contributed by atoms with Crippen LogP contribution in [-0.4, -0.2) is 47.7 Å². The summed E-state index contributed by atoms with van der Waals surface area (Å²) < 4.78 is 17.0. The molecule has 0 aliphatic rings. The van der Waals surface area contributed by atoms with Gasteiger partial charge in [0.05, 0.1) is 13.0 Å². The summed E-state index contributed by atoms with van der Waals surface area (Å²) in [5.41, 5.74) is 0. The zero-order valence-electron chi connectivity index (χ0n) is 16.5. The first-order valence-electron chi connectivity index (χ1n) is 9.20. The van der Waals surface area contributed by atoms with Gasteiger partial charge in [0.15, 0.2) is 16.6 Å². The highest BCUT2D eigenvalue weighted by molar-refractivity contribution is 6.84. The maximum atomic E-state index is 11.3. The molecule has 0 radical (unpaired) electrons. The second-order valence-corrected chi connectivity index (χ2v) is 16.8. The zero-order valence-corrected chi connectivity index (χ0v) is 19.2. The van der Waals surface area contributed by atoms with Gasteiger partial charge in [-0.05, 0) is 56.3 Å². The van der Waals surface area contributed by atoms with E-state index in [2.05, 4.69) is 33.1 Å². The number of carbonyl (C=O) groups excluding carboxylic acids is 2. The Bertz CT molecular complexity index is 402. The number of halogens is 1. The lowest BCUT2D eigenvalue weighted by atomic mass is 10.3. The van der Waals surface area contributed by atoms with Crippen molar-refractivity contribution in [2.45, 2.75) is 77.3 Å². The van der Waals surface area contributed by atoms with Crippen molar-refractivity contribution in [3.05, 3.63) is 0 Å². The van der Waals surface area contributed by atoms with Crippen LogP contribution in [0.4, 0.5) is 0 Å². The normalized spacial score (nSPS) is 12.2. The molecule has 0 fully saturated rings. The van der Waals surface area contributed by atoms with Gasteiger partial charge in [0.1, 0.15) is 6.61 Å². The van der Waals surface area contributed by atoms with Gasteiger partial charge < -0.3 is 13.6 Å². The van der Waals surface area contributed by atoms with Gasteiger partial charge in [0.2, 0.25) is 5.24 Å². The maximum Gasteiger partial charge on any atom is 0.306 e. The number of ether oxygens (including phenoxy) is 2. The predicted octanol–water partition coefficient (Wildman–Crippen LogP) is 4.71. The van der Waals surface area contributed by atoms with Gasteiger partial charge in [-0.1, -0.05) is 19.8 Å². The summed E-state index contributed by atoms with van der Waals surface area (Å²) in [6.07, 6.45) is 3.48. The molecule has 0 unspecified atom stereocenters. The standard InChI is InChI=1S/C17H35ClO5Si2/c1-6-7-14-24(2,3)23-25(4,5)15-8-11-21-12-13-22-17(20)10-9-16(18)19/h6-15H2,1-5H3. The molecular weight excluding hydrogens is 376 g/mol. The molecule has 8 heteroatoms. The molecule has 0 amide bonds. The van der Waals surface area contributed by atoms with Gasteiger partial charge in [-0.15, -0.1) is 0 Å². The van der Waals surface area contributed by atoms with Crippen LogP contribution in [0.1, 0.15) is 39.0 Å². The van der Waals surface area contributed by atoms with E-state index in [1.54, 1.807) is 0 Å². The number of rotatable bonds is 15. The second kappa shape index (κ2) is 13.0. The first-order valence-corrected chi connectivity index (χ1v) is 15.8. The fraction of sp³-hybridized carbons (Fsp3) is 0.882. The highest BCUT2D eigenvalue weighted by Crippen LogP contribution is 2.24. The quantitative estimate of drug-likeness (QED) is 0.169. The Morgan fingerprint density at radius 2 is 1.48 bits per heavy atom. The van der Waals surface area contributed by atoms with Gasteiger partial charge in [-0.3, -0.25) is 9.59 Å². The average molecular weight is 411 g/mol. The van der Waals surface area contributed by atoms with Crippen molar-refractivity contribution in [1.82, 2.24) is 0 Å². The van der Waals surface area contributed by atoms with Crippen molar-refractivity contribution in [3.63, 3.8) is 0 Å². The Kier molecular flexibility index (Phi) is 12.9. The first kappa shape index (κ1) is 24.8. The molecule has 0 aromatic rings. The molecular formula is C17H35ClO5Si2. The molecule has 0 aliphatic heterocycles. The van der Waals surface area contributed by atoms with Crippen LogP contribution in [0.3, 0.4) is 0 Å². The van der Waals surface area contributed by atoms with Crippen molar-refractivity contribution in [3.8, 4) is 0 Å². The lowest BCUT2D eigenvalue weighted by molar-refractivity contribution is -0.145. The molecule has 0 aromatic carbocycles. The highest BCUT2D eigenvalue weighted by Gasteiger charge is 2.31. The summed E-state index contributed by atoms with van der Waals surface area (Å²) in [5.74, 6) is -0.418. The van der Waals surface area contributed by atoms with Crippen LogP contribution < -0.4 is 0 Å². The minimum atomic E-state index is -1.64. The maximum absolute atomic E-state index is 11.3. The van der Waals surface area contributed by atoms with Gasteiger partial charge in [0, 0.05) is 13.0 Å². The summed E-state index contributed by atoms with van der Waals surface area (Å²) >= 11 is 5.17. The number of hydrogen-bond acceptors (Lipinski definition) is 5. The Morgan fingerprint density at radius 1 is 0.880 bits per heavy atom. The minimum Gasteiger partial charge on any atom is -0.463 e. The average Bonchev–Trinajstić information content (AvgIpc) is 2.49. The van der Waals surface area contributed by atoms with Gasteiger partial charge >= 0.3 is 5.97 Å². The smallest absolute Gasteiger partial charge is 0.306 e. The largest absolute Gasteiger partial charge is 0.463 e. The van der Waals surface area contributed by atoms with E-state index in [0.717, 1.165) is 12.5 Å². The van der Waals surface area contributed by atoms with E-state index >= 15 is 0 Å². The Balaban J connectivity index is 3.75. The van der Waals surface area contributed by atoms with Gasteiger partial charge in [-0.2, -0.15) is 0 Å². The summed E-state index contributed by atoms with van der Waals surface area (Å²) in [4.78, 5) is 21.8. The number of hydrogen-bond donors (Lipinski definition) is 0. The Hall–Kier alpha value is -0.216. The summed E-state index contributed by atoms with van der Waals surface area (Å²) in [7, 11) is -3.18. The molecule has 0 rings (SSSR count). The van der Waals surface area contributed by atoms with Crippen molar-refractivity contribution < 1.29 is 23.2 Å². The van der Waals surface area contributed by atoms with Crippen LogP contribution in [0.2, 0.25) is 38.3 Å². The Labute approximate surface area is 160 Å². The SMILES string of the molecule is CCCC[Si](C)(C)O[Si](C)(C)CCCOCCOC(=O)CCC(=O)Cl. The molecule has 5 nitrogen and oxygen atoms in total. The predicted molar refractivity (Wildman–Crippen MR) is 107 cm³/mol. The van der Waals surface area contributed by atoms with E-state index in [-0.39, 0.29) is 19.4 Å². The van der Waals surface area contributed by atoms with Crippen molar-refractivity contribution in [2.24, 2.45) is 0 Å². The molecule has 0 aliphatic carbocycles. The molecule has 0 spiro atoms. The molecule has 0 saturated heterocycles. The zero-order chi connectivity index (χ0) is 19.3. The van der Waals surface area contributed by atoms with Gasteiger partial charge in [-0.25, -0.2) is 0 Å².